The zero-order chi connectivity index (χ0) is 36.6. The van der Waals surface area contributed by atoms with Crippen molar-refractivity contribution in [3.05, 3.63) is 0 Å². The predicted octanol–water partition coefficient (Wildman–Crippen LogP) is 14.0. The lowest BCUT2D eigenvalue weighted by Crippen LogP contribution is -2.48. The van der Waals surface area contributed by atoms with Crippen LogP contribution in [0.2, 0.25) is 54.4 Å². The molecule has 0 aliphatic carbocycles. The first-order valence-electron chi connectivity index (χ1n) is 19.9. The Balaban J connectivity index is 5.61. The molecular formula is C40H86O4Si3. The van der Waals surface area contributed by atoms with Gasteiger partial charge in [0.15, 0.2) is 25.0 Å². The van der Waals surface area contributed by atoms with Gasteiger partial charge >= 0.3 is 0 Å². The Labute approximate surface area is 299 Å². The van der Waals surface area contributed by atoms with E-state index in [9.17, 15) is 4.79 Å². The molecule has 0 saturated carbocycles. The fourth-order valence-electron chi connectivity index (χ4n) is 5.45. The molecule has 0 N–H and O–H groups in total. The third-order valence-corrected chi connectivity index (χ3v) is 25.5. The van der Waals surface area contributed by atoms with Crippen molar-refractivity contribution in [2.45, 2.75) is 251 Å². The molecule has 0 rings (SSSR count). The molecule has 0 fully saturated rings. The van der Waals surface area contributed by atoms with Gasteiger partial charge in [0.1, 0.15) is 6.29 Å². The first-order chi connectivity index (χ1) is 21.4. The average molecular weight is 715 g/mol. The maximum Gasteiger partial charge on any atom is 0.192 e. The molecule has 0 amide bonds. The third-order valence-electron chi connectivity index (χ3n) is 11.9. The summed E-state index contributed by atoms with van der Waals surface area (Å²) in [6, 6.07) is 0. The first-order valence-corrected chi connectivity index (χ1v) is 28.6. The topological polar surface area (TPSA) is 44.8 Å². The molecule has 7 heteroatoms. The Morgan fingerprint density at radius 2 is 0.787 bits per heavy atom. The van der Waals surface area contributed by atoms with Gasteiger partial charge in [-0.2, -0.15) is 0 Å². The number of carbonyl (C=O) groups excluding carboxylic acids is 1. The molecule has 0 aromatic rings. The summed E-state index contributed by atoms with van der Waals surface area (Å²) < 4.78 is 21.2. The average Bonchev–Trinajstić information content (AvgIpc) is 2.89. The van der Waals surface area contributed by atoms with E-state index in [4.69, 9.17) is 13.3 Å². The van der Waals surface area contributed by atoms with Gasteiger partial charge in [0.25, 0.3) is 0 Å². The molecule has 0 aromatic heterocycles. The van der Waals surface area contributed by atoms with E-state index in [1.165, 1.54) is 77.0 Å². The van der Waals surface area contributed by atoms with E-state index in [0.29, 0.717) is 6.42 Å². The van der Waals surface area contributed by atoms with Gasteiger partial charge in [0, 0.05) is 18.6 Å². The van der Waals surface area contributed by atoms with Gasteiger partial charge < -0.3 is 18.1 Å². The zero-order valence-corrected chi connectivity index (χ0v) is 38.0. The van der Waals surface area contributed by atoms with E-state index < -0.39 is 25.0 Å². The number of aldehydes is 1. The fourth-order valence-corrected chi connectivity index (χ4v) is 9.65. The van der Waals surface area contributed by atoms with Crippen molar-refractivity contribution in [3.63, 3.8) is 0 Å². The highest BCUT2D eigenvalue weighted by Crippen LogP contribution is 2.42. The highest BCUT2D eigenvalue weighted by atomic mass is 28.4. The maximum atomic E-state index is 11.9. The molecule has 4 nitrogen and oxygen atoms in total. The molecule has 0 radical (unpaired) electrons. The summed E-state index contributed by atoms with van der Waals surface area (Å²) in [5, 5.41) is 0.406. The van der Waals surface area contributed by atoms with Crippen LogP contribution in [0.1, 0.15) is 178 Å². The summed E-state index contributed by atoms with van der Waals surface area (Å²) in [6.07, 6.45) is 22.1. The van der Waals surface area contributed by atoms with Crippen molar-refractivity contribution in [1.82, 2.24) is 0 Å². The number of rotatable bonds is 26. The van der Waals surface area contributed by atoms with Crippen LogP contribution in [0.3, 0.4) is 0 Å². The quantitative estimate of drug-likeness (QED) is 0.0508. The summed E-state index contributed by atoms with van der Waals surface area (Å²) in [6.45, 7) is 37.3. The number of hydrogen-bond acceptors (Lipinski definition) is 4. The molecule has 47 heavy (non-hydrogen) atoms. The van der Waals surface area contributed by atoms with Gasteiger partial charge in [0.05, 0.1) is 6.10 Å². The van der Waals surface area contributed by atoms with Gasteiger partial charge in [-0.25, -0.2) is 0 Å². The van der Waals surface area contributed by atoms with Gasteiger partial charge in [0.2, 0.25) is 0 Å². The van der Waals surface area contributed by atoms with Gasteiger partial charge in [-0.3, -0.25) is 0 Å². The highest BCUT2D eigenvalue weighted by Gasteiger charge is 2.43. The number of carbonyl (C=O) groups is 1. The summed E-state index contributed by atoms with van der Waals surface area (Å²) in [4.78, 5) is 11.9. The number of unbranched alkanes of at least 4 members (excludes halogenated alkanes) is 11. The Kier molecular flexibility index (Phi) is 21.6. The molecule has 3 atom stereocenters. The van der Waals surface area contributed by atoms with Crippen LogP contribution >= 0.6 is 0 Å². The second kappa shape index (κ2) is 21.5. The van der Waals surface area contributed by atoms with Crippen LogP contribution in [-0.4, -0.2) is 49.6 Å². The van der Waals surface area contributed by atoms with Crippen molar-refractivity contribution in [2.24, 2.45) is 0 Å². The molecule has 0 saturated heterocycles. The molecule has 0 unspecified atom stereocenters. The smallest absolute Gasteiger partial charge is 0.192 e. The van der Waals surface area contributed by atoms with Crippen molar-refractivity contribution in [1.29, 1.82) is 0 Å². The largest absolute Gasteiger partial charge is 0.414 e. The van der Waals surface area contributed by atoms with Crippen LogP contribution in [0.15, 0.2) is 0 Å². The third kappa shape index (κ3) is 19.4. The minimum atomic E-state index is -2.03. The van der Waals surface area contributed by atoms with Crippen LogP contribution < -0.4 is 0 Å². The zero-order valence-electron chi connectivity index (χ0n) is 35.0. The minimum Gasteiger partial charge on any atom is -0.414 e. The van der Waals surface area contributed by atoms with E-state index in [2.05, 4.69) is 109 Å². The van der Waals surface area contributed by atoms with Crippen molar-refractivity contribution in [3.8, 4) is 0 Å². The van der Waals surface area contributed by atoms with E-state index >= 15 is 0 Å². The van der Waals surface area contributed by atoms with Crippen molar-refractivity contribution >= 4 is 31.2 Å². The van der Waals surface area contributed by atoms with Crippen LogP contribution in [0, 0.1) is 0 Å². The second-order valence-corrected chi connectivity index (χ2v) is 33.7. The van der Waals surface area contributed by atoms with E-state index in [0.717, 1.165) is 32.0 Å². The second-order valence-electron chi connectivity index (χ2n) is 19.4. The van der Waals surface area contributed by atoms with Gasteiger partial charge in [-0.05, 0) is 80.1 Å². The normalized spacial score (nSPS) is 15.9. The SMILES string of the molecule is CCCCCCCCCCCCCC[C@@H](CC[C@@H](C[C@@H](CC=O)O[Si](C)(C)C(C)(C)C)O[Si](C)(C)C(C)(C)C)O[Si](C)(C)C(C)(C)C. The molecule has 0 aliphatic rings. The Morgan fingerprint density at radius 3 is 1.15 bits per heavy atom. The summed E-state index contributed by atoms with van der Waals surface area (Å²) in [5.41, 5.74) is 0. The lowest BCUT2D eigenvalue weighted by Gasteiger charge is -2.43. The molecule has 0 heterocycles. The number of hydrogen-bond donors (Lipinski definition) is 0. The van der Waals surface area contributed by atoms with E-state index in [-0.39, 0.29) is 33.4 Å². The Hall–Kier alpha value is 0.201. The molecule has 282 valence electrons. The molecule has 0 aliphatic heterocycles. The molecule has 0 bridgehead atoms. The van der Waals surface area contributed by atoms with Gasteiger partial charge in [-0.15, -0.1) is 0 Å². The van der Waals surface area contributed by atoms with Crippen molar-refractivity contribution < 1.29 is 18.1 Å². The lowest BCUT2D eigenvalue weighted by atomic mass is 10.00. The van der Waals surface area contributed by atoms with E-state index in [1.807, 2.05) is 0 Å². The van der Waals surface area contributed by atoms with Crippen LogP contribution in [-0.2, 0) is 18.1 Å². The monoisotopic (exact) mass is 715 g/mol. The Bertz CT molecular complexity index is 821. The van der Waals surface area contributed by atoms with Crippen LogP contribution in [0.4, 0.5) is 0 Å². The van der Waals surface area contributed by atoms with Crippen LogP contribution in [0.5, 0.6) is 0 Å². The summed E-state index contributed by atoms with van der Waals surface area (Å²) >= 11 is 0. The molecule has 0 spiro atoms. The maximum absolute atomic E-state index is 11.9. The van der Waals surface area contributed by atoms with Gasteiger partial charge in [-0.1, -0.05) is 146 Å². The fraction of sp³-hybridized carbons (Fsp3) is 0.975. The predicted molar refractivity (Wildman–Crippen MR) is 216 cm³/mol. The van der Waals surface area contributed by atoms with Crippen LogP contribution in [0.25, 0.3) is 0 Å². The van der Waals surface area contributed by atoms with Crippen molar-refractivity contribution in [2.75, 3.05) is 0 Å². The Morgan fingerprint density at radius 1 is 0.468 bits per heavy atom. The molecular weight excluding hydrogens is 629 g/mol. The summed E-state index contributed by atoms with van der Waals surface area (Å²) in [5.74, 6) is 0. The lowest BCUT2D eigenvalue weighted by molar-refractivity contribution is -0.109. The summed E-state index contributed by atoms with van der Waals surface area (Å²) in [7, 11) is -5.97. The first kappa shape index (κ1) is 47.2. The standard InChI is InChI=1S/C40H86O4Si3/c1-17-18-19-20-21-22-23-24-25-26-27-28-29-35(42-45(11,12)38(2,3)4)30-31-36(43-46(13,14)39(5,6)7)34-37(32-33-41)44-47(15,16)40(8,9)10/h33,35-37H,17-32,34H2,1-16H3/t35-,36-,37+/m0/s1. The van der Waals surface area contributed by atoms with E-state index in [1.54, 1.807) is 0 Å². The minimum absolute atomic E-state index is 0.0677. The molecule has 0 aromatic carbocycles. The highest BCUT2D eigenvalue weighted by molar-refractivity contribution is 6.75.